The van der Waals surface area contributed by atoms with Crippen LogP contribution in [0.15, 0.2) is 22.8 Å². The summed E-state index contributed by atoms with van der Waals surface area (Å²) in [5.41, 5.74) is 0.570. The van der Waals surface area contributed by atoms with E-state index >= 15 is 0 Å². The van der Waals surface area contributed by atoms with Crippen molar-refractivity contribution in [2.75, 3.05) is 14.2 Å². The van der Waals surface area contributed by atoms with E-state index in [2.05, 4.69) is 0 Å². The Labute approximate surface area is 80.7 Å². The van der Waals surface area contributed by atoms with Crippen LogP contribution in [-0.4, -0.2) is 19.3 Å². The topological polar surface area (TPSA) is 51.8 Å². The lowest BCUT2D eigenvalue weighted by molar-refractivity contribution is 0.336. The molecule has 0 saturated carbocycles. The maximum atomic E-state index is 9.57. The first-order valence-corrected chi connectivity index (χ1v) is 4.09. The summed E-state index contributed by atoms with van der Waals surface area (Å²) in [4.78, 5) is 0. The van der Waals surface area contributed by atoms with Crippen molar-refractivity contribution in [1.29, 1.82) is 0 Å². The smallest absolute Gasteiger partial charge is 0.203 e. The zero-order chi connectivity index (χ0) is 10.1. The molecular weight excluding hydrogens is 184 g/mol. The molecule has 0 bridgehead atoms. The third-order valence-corrected chi connectivity index (χ3v) is 2.05. The van der Waals surface area contributed by atoms with Crippen molar-refractivity contribution >= 4 is 11.0 Å². The number of furan rings is 1. The maximum absolute atomic E-state index is 9.57. The third kappa shape index (κ3) is 1.08. The number of aromatic hydroxyl groups is 1. The number of ether oxygens (including phenoxy) is 2. The summed E-state index contributed by atoms with van der Waals surface area (Å²) in [5.74, 6) is 0.810. The second kappa shape index (κ2) is 3.14. The zero-order valence-corrected chi connectivity index (χ0v) is 7.90. The highest BCUT2D eigenvalue weighted by Gasteiger charge is 2.15. The Balaban J connectivity index is 2.82. The summed E-state index contributed by atoms with van der Waals surface area (Å²) in [5, 5.41) is 10.4. The average Bonchev–Trinajstić information content (AvgIpc) is 2.62. The normalized spacial score (nSPS) is 10.4. The van der Waals surface area contributed by atoms with Crippen LogP contribution in [0.1, 0.15) is 0 Å². The van der Waals surface area contributed by atoms with Gasteiger partial charge >= 0.3 is 0 Å². The van der Waals surface area contributed by atoms with Gasteiger partial charge in [0.25, 0.3) is 0 Å². The number of benzene rings is 1. The maximum Gasteiger partial charge on any atom is 0.203 e. The number of hydrogen-bond donors (Lipinski definition) is 1. The Morgan fingerprint density at radius 1 is 1.21 bits per heavy atom. The zero-order valence-electron chi connectivity index (χ0n) is 7.90. The van der Waals surface area contributed by atoms with Crippen LogP contribution in [0.2, 0.25) is 0 Å². The molecule has 1 N–H and O–H groups in total. The molecular formula is C10H10O4. The van der Waals surface area contributed by atoms with Gasteiger partial charge in [-0.1, -0.05) is 0 Å². The molecule has 1 aromatic carbocycles. The van der Waals surface area contributed by atoms with Crippen LogP contribution in [-0.2, 0) is 0 Å². The number of rotatable bonds is 2. The number of phenolic OH excluding ortho intramolecular Hbond substituents is 1. The number of fused-ring (bicyclic) bond motifs is 1. The van der Waals surface area contributed by atoms with E-state index in [1.165, 1.54) is 26.5 Å². The molecule has 0 amide bonds. The van der Waals surface area contributed by atoms with E-state index in [1.807, 2.05) is 0 Å². The molecule has 0 unspecified atom stereocenters. The highest BCUT2D eigenvalue weighted by Crippen LogP contribution is 2.42. The van der Waals surface area contributed by atoms with Crippen LogP contribution in [0, 0.1) is 0 Å². The van der Waals surface area contributed by atoms with Crippen molar-refractivity contribution in [2.45, 2.75) is 0 Å². The molecule has 0 aliphatic rings. The summed E-state index contributed by atoms with van der Waals surface area (Å²) in [6.07, 6.45) is 1.53. The van der Waals surface area contributed by atoms with Crippen LogP contribution in [0.5, 0.6) is 17.2 Å². The lowest BCUT2D eigenvalue weighted by atomic mass is 10.2. The monoisotopic (exact) mass is 194 g/mol. The van der Waals surface area contributed by atoms with Crippen molar-refractivity contribution in [3.8, 4) is 17.2 Å². The molecule has 4 heteroatoms. The molecule has 74 valence electrons. The van der Waals surface area contributed by atoms with Gasteiger partial charge < -0.3 is 19.0 Å². The molecule has 1 heterocycles. The summed E-state index contributed by atoms with van der Waals surface area (Å²) in [6.45, 7) is 0. The molecule has 0 radical (unpaired) electrons. The molecule has 0 aliphatic carbocycles. The first-order valence-electron chi connectivity index (χ1n) is 4.09. The van der Waals surface area contributed by atoms with Gasteiger partial charge in [0.1, 0.15) is 5.58 Å². The van der Waals surface area contributed by atoms with Gasteiger partial charge in [0, 0.05) is 6.07 Å². The molecule has 2 aromatic rings. The molecule has 1 aromatic heterocycles. The summed E-state index contributed by atoms with van der Waals surface area (Å²) >= 11 is 0. The highest BCUT2D eigenvalue weighted by atomic mass is 16.5. The van der Waals surface area contributed by atoms with E-state index in [0.29, 0.717) is 17.1 Å². The van der Waals surface area contributed by atoms with Crippen LogP contribution >= 0.6 is 0 Å². The molecule has 0 aliphatic heterocycles. The van der Waals surface area contributed by atoms with Gasteiger partial charge in [-0.2, -0.15) is 0 Å². The average molecular weight is 194 g/mol. The van der Waals surface area contributed by atoms with Crippen molar-refractivity contribution in [1.82, 2.24) is 0 Å². The predicted molar refractivity (Wildman–Crippen MR) is 51.0 cm³/mol. The van der Waals surface area contributed by atoms with Crippen LogP contribution in [0.3, 0.4) is 0 Å². The van der Waals surface area contributed by atoms with Crippen molar-refractivity contribution < 1.29 is 19.0 Å². The Bertz CT molecular complexity index is 458. The minimum atomic E-state index is 0.00630. The fourth-order valence-electron chi connectivity index (χ4n) is 1.45. The molecule has 4 nitrogen and oxygen atoms in total. The van der Waals surface area contributed by atoms with Crippen LogP contribution in [0.4, 0.5) is 0 Å². The standard InChI is InChI=1S/C10H10O4/c1-12-9-6-3-4-14-8(6)5-7(11)10(9)13-2/h3-5,11H,1-2H3. The Morgan fingerprint density at radius 3 is 2.57 bits per heavy atom. The number of hydrogen-bond acceptors (Lipinski definition) is 4. The Kier molecular flexibility index (Phi) is 1.96. The van der Waals surface area contributed by atoms with Crippen molar-refractivity contribution in [3.63, 3.8) is 0 Å². The highest BCUT2D eigenvalue weighted by molar-refractivity contribution is 5.89. The van der Waals surface area contributed by atoms with Gasteiger partial charge in [0.15, 0.2) is 11.5 Å². The number of phenols is 1. The number of methoxy groups -OCH3 is 2. The van der Waals surface area contributed by atoms with Gasteiger partial charge in [-0.3, -0.25) is 0 Å². The Morgan fingerprint density at radius 2 is 1.93 bits per heavy atom. The third-order valence-electron chi connectivity index (χ3n) is 2.05. The first-order chi connectivity index (χ1) is 6.77. The fourth-order valence-corrected chi connectivity index (χ4v) is 1.45. The van der Waals surface area contributed by atoms with E-state index in [9.17, 15) is 5.11 Å². The largest absolute Gasteiger partial charge is 0.504 e. The summed E-state index contributed by atoms with van der Waals surface area (Å²) in [6, 6.07) is 3.26. The molecule has 0 atom stereocenters. The Hall–Kier alpha value is -1.84. The van der Waals surface area contributed by atoms with E-state index in [-0.39, 0.29) is 5.75 Å². The minimum Gasteiger partial charge on any atom is -0.504 e. The van der Waals surface area contributed by atoms with E-state index < -0.39 is 0 Å². The quantitative estimate of drug-likeness (QED) is 0.795. The first kappa shape index (κ1) is 8.74. The molecule has 0 spiro atoms. The van der Waals surface area contributed by atoms with Crippen LogP contribution in [0.25, 0.3) is 11.0 Å². The second-order valence-electron chi connectivity index (χ2n) is 2.79. The van der Waals surface area contributed by atoms with E-state index in [0.717, 1.165) is 5.39 Å². The minimum absolute atomic E-state index is 0.00630. The lowest BCUT2D eigenvalue weighted by Gasteiger charge is -2.09. The predicted octanol–water partition coefficient (Wildman–Crippen LogP) is 2.16. The van der Waals surface area contributed by atoms with Crippen molar-refractivity contribution in [2.24, 2.45) is 0 Å². The summed E-state index contributed by atoms with van der Waals surface area (Å²) in [7, 11) is 2.99. The van der Waals surface area contributed by atoms with Gasteiger partial charge in [-0.15, -0.1) is 0 Å². The van der Waals surface area contributed by atoms with E-state index in [1.54, 1.807) is 6.07 Å². The summed E-state index contributed by atoms with van der Waals surface area (Å²) < 4.78 is 15.3. The van der Waals surface area contributed by atoms with E-state index in [4.69, 9.17) is 13.9 Å². The molecule has 0 fully saturated rings. The lowest BCUT2D eigenvalue weighted by Crippen LogP contribution is -1.91. The van der Waals surface area contributed by atoms with Gasteiger partial charge in [-0.05, 0) is 6.07 Å². The molecule has 0 saturated heterocycles. The van der Waals surface area contributed by atoms with Gasteiger partial charge in [-0.25, -0.2) is 0 Å². The van der Waals surface area contributed by atoms with Crippen LogP contribution < -0.4 is 9.47 Å². The van der Waals surface area contributed by atoms with Crippen molar-refractivity contribution in [3.05, 3.63) is 18.4 Å². The fraction of sp³-hybridized carbons (Fsp3) is 0.200. The van der Waals surface area contributed by atoms with Gasteiger partial charge in [0.05, 0.1) is 25.9 Å². The second-order valence-corrected chi connectivity index (χ2v) is 2.79. The molecule has 14 heavy (non-hydrogen) atoms. The van der Waals surface area contributed by atoms with Gasteiger partial charge in [0.2, 0.25) is 5.75 Å². The molecule has 2 rings (SSSR count). The SMILES string of the molecule is COc1c(O)cc2occc2c1OC.